The highest BCUT2D eigenvalue weighted by Crippen LogP contribution is 2.46. The van der Waals surface area contributed by atoms with Gasteiger partial charge in [-0.1, -0.05) is 38.0 Å². The summed E-state index contributed by atoms with van der Waals surface area (Å²) in [5.74, 6) is 0.276. The first-order valence-corrected chi connectivity index (χ1v) is 13.6. The Morgan fingerprint density at radius 3 is 2.59 bits per heavy atom. The topological polar surface area (TPSA) is 51.2 Å². The van der Waals surface area contributed by atoms with Crippen molar-refractivity contribution in [1.82, 2.24) is 4.31 Å². The van der Waals surface area contributed by atoms with Gasteiger partial charge in [0.2, 0.25) is 0 Å². The second kappa shape index (κ2) is 12.2. The van der Waals surface area contributed by atoms with E-state index in [2.05, 4.69) is 65.6 Å². The maximum absolute atomic E-state index is 12.2. The highest BCUT2D eigenvalue weighted by atomic mass is 32.2. The fraction of sp³-hybridized carbons (Fsp3) is 0.500. The molecule has 3 rings (SSSR count). The number of anilines is 2. The van der Waals surface area contributed by atoms with E-state index in [1.807, 2.05) is 6.26 Å². The van der Waals surface area contributed by atoms with E-state index in [4.69, 9.17) is 14.2 Å². The summed E-state index contributed by atoms with van der Waals surface area (Å²) in [6.07, 6.45) is 5.56. The van der Waals surface area contributed by atoms with Gasteiger partial charge in [-0.15, -0.1) is 11.8 Å². The number of rotatable bonds is 10. The summed E-state index contributed by atoms with van der Waals surface area (Å²) in [7, 11) is 5.02. The first-order valence-electron chi connectivity index (χ1n) is 11.6. The summed E-state index contributed by atoms with van der Waals surface area (Å²) in [5.41, 5.74) is 1.17. The summed E-state index contributed by atoms with van der Waals surface area (Å²) in [5, 5.41) is 0. The van der Waals surface area contributed by atoms with Crippen molar-refractivity contribution in [2.45, 2.75) is 54.5 Å². The van der Waals surface area contributed by atoms with E-state index in [1.165, 1.54) is 38.4 Å². The van der Waals surface area contributed by atoms with Gasteiger partial charge in [0.25, 0.3) is 0 Å². The predicted octanol–water partition coefficient (Wildman–Crippen LogP) is 6.01. The maximum atomic E-state index is 12.2. The van der Waals surface area contributed by atoms with Crippen LogP contribution in [-0.2, 0) is 14.3 Å². The summed E-state index contributed by atoms with van der Waals surface area (Å²) >= 11 is 3.38. The van der Waals surface area contributed by atoms with Crippen LogP contribution in [0.5, 0.6) is 5.75 Å². The van der Waals surface area contributed by atoms with E-state index < -0.39 is 11.6 Å². The molecule has 2 unspecified atom stereocenters. The molecule has 0 fully saturated rings. The number of unbranched alkanes of at least 4 members (excludes halogenated alkanes) is 1. The first kappa shape index (κ1) is 26.7. The fourth-order valence-corrected chi connectivity index (χ4v) is 5.54. The van der Waals surface area contributed by atoms with Gasteiger partial charge < -0.3 is 19.1 Å². The highest BCUT2D eigenvalue weighted by molar-refractivity contribution is 7.98. The Bertz CT molecular complexity index is 959. The number of carbonyl (C=O) groups excluding carboxylic acids is 1. The molecule has 2 aromatic rings. The minimum Gasteiger partial charge on any atom is -0.489 e. The molecule has 0 saturated heterocycles. The normalized spacial score (nSPS) is 18.1. The van der Waals surface area contributed by atoms with Crippen LogP contribution in [-0.4, -0.2) is 62.6 Å². The maximum Gasteiger partial charge on any atom is 0.341 e. The standard InChI is InChI=1S/C26H36N2O4S2/c1-7-8-12-20-17-28(19-13-10-9-11-14-19)21-15-24(33-6)22(16-23(21)34-27(20)3)32-18-26(2,31-5)25(29)30-4/h9-11,13-16,20H,7-8,12,17-18H2,1-6H3. The van der Waals surface area contributed by atoms with Crippen molar-refractivity contribution >= 4 is 41.1 Å². The lowest BCUT2D eigenvalue weighted by Gasteiger charge is -2.30. The monoisotopic (exact) mass is 504 g/mol. The quantitative estimate of drug-likeness (QED) is 0.221. The van der Waals surface area contributed by atoms with Gasteiger partial charge in [-0.2, -0.15) is 0 Å². The lowest BCUT2D eigenvalue weighted by atomic mass is 10.1. The molecule has 0 radical (unpaired) electrons. The largest absolute Gasteiger partial charge is 0.489 e. The van der Waals surface area contributed by atoms with E-state index in [-0.39, 0.29) is 6.61 Å². The molecule has 1 aliphatic heterocycles. The third-order valence-electron chi connectivity index (χ3n) is 6.22. The van der Waals surface area contributed by atoms with Crippen LogP contribution in [0.2, 0.25) is 0 Å². The van der Waals surface area contributed by atoms with Crippen molar-refractivity contribution in [3.63, 3.8) is 0 Å². The van der Waals surface area contributed by atoms with Gasteiger partial charge in [-0.25, -0.2) is 9.10 Å². The zero-order chi connectivity index (χ0) is 24.7. The number of nitrogens with zero attached hydrogens (tertiary/aromatic N) is 2. The van der Waals surface area contributed by atoms with Crippen LogP contribution in [0.1, 0.15) is 33.1 Å². The number of benzene rings is 2. The Labute approximate surface area is 212 Å². The Morgan fingerprint density at radius 1 is 1.24 bits per heavy atom. The third-order valence-corrected chi connectivity index (χ3v) is 8.08. The van der Waals surface area contributed by atoms with Crippen molar-refractivity contribution in [2.75, 3.05) is 45.6 Å². The molecule has 186 valence electrons. The van der Waals surface area contributed by atoms with E-state index >= 15 is 0 Å². The van der Waals surface area contributed by atoms with E-state index in [0.29, 0.717) is 6.04 Å². The fourth-order valence-electron chi connectivity index (χ4n) is 3.94. The van der Waals surface area contributed by atoms with Gasteiger partial charge >= 0.3 is 5.97 Å². The molecule has 0 N–H and O–H groups in total. The molecule has 1 aliphatic rings. The summed E-state index contributed by atoms with van der Waals surface area (Å²) in [4.78, 5) is 16.8. The smallest absolute Gasteiger partial charge is 0.341 e. The number of methoxy groups -OCH3 is 2. The Morgan fingerprint density at radius 2 is 1.97 bits per heavy atom. The van der Waals surface area contributed by atoms with Gasteiger partial charge in [0.05, 0.1) is 22.6 Å². The second-order valence-corrected chi connectivity index (χ2v) is 10.6. The number of ether oxygens (including phenoxy) is 3. The highest BCUT2D eigenvalue weighted by Gasteiger charge is 2.36. The van der Waals surface area contributed by atoms with Gasteiger partial charge in [0.15, 0.2) is 5.60 Å². The van der Waals surface area contributed by atoms with Gasteiger partial charge in [0, 0.05) is 25.4 Å². The lowest BCUT2D eigenvalue weighted by molar-refractivity contribution is -0.167. The van der Waals surface area contributed by atoms with Crippen LogP contribution in [0.15, 0.2) is 52.3 Å². The SMILES string of the molecule is CCCCC1CN(c2ccccc2)c2cc(SC)c(OCC(C)(OC)C(=O)OC)cc2SN1C. The van der Waals surface area contributed by atoms with Crippen LogP contribution in [0, 0.1) is 0 Å². The van der Waals surface area contributed by atoms with Crippen molar-refractivity contribution in [2.24, 2.45) is 0 Å². The number of hydrogen-bond donors (Lipinski definition) is 0. The third kappa shape index (κ3) is 6.03. The molecule has 1 heterocycles. The summed E-state index contributed by atoms with van der Waals surface area (Å²) < 4.78 is 18.9. The Balaban J connectivity index is 2.00. The number of carbonyl (C=O) groups is 1. The molecule has 2 atom stereocenters. The number of hydrogen-bond acceptors (Lipinski definition) is 8. The van der Waals surface area contributed by atoms with Gasteiger partial charge in [-0.05, 0) is 62.9 Å². The van der Waals surface area contributed by atoms with E-state index in [9.17, 15) is 4.79 Å². The molecular weight excluding hydrogens is 468 g/mol. The number of fused-ring (bicyclic) bond motifs is 1. The number of esters is 1. The zero-order valence-electron chi connectivity index (χ0n) is 21.0. The molecular formula is C26H36N2O4S2. The van der Waals surface area contributed by atoms with Crippen molar-refractivity contribution in [1.29, 1.82) is 0 Å². The van der Waals surface area contributed by atoms with Crippen LogP contribution in [0.4, 0.5) is 11.4 Å². The number of likely N-dealkylation sites (N-methyl/N-ethyl adjacent to an activating group) is 1. The minimum absolute atomic E-state index is 0.0601. The average Bonchev–Trinajstić information content (AvgIpc) is 3.00. The first-order chi connectivity index (χ1) is 16.4. The molecule has 0 aliphatic carbocycles. The molecule has 2 aromatic carbocycles. The molecule has 0 aromatic heterocycles. The zero-order valence-corrected chi connectivity index (χ0v) is 22.6. The average molecular weight is 505 g/mol. The molecule has 0 bridgehead atoms. The van der Waals surface area contributed by atoms with Crippen LogP contribution in [0.3, 0.4) is 0 Å². The predicted molar refractivity (Wildman–Crippen MR) is 142 cm³/mol. The van der Waals surface area contributed by atoms with Crippen molar-refractivity contribution < 1.29 is 19.0 Å². The number of thioether (sulfide) groups is 1. The molecule has 0 saturated carbocycles. The molecule has 8 heteroatoms. The van der Waals surface area contributed by atoms with Crippen LogP contribution < -0.4 is 9.64 Å². The lowest BCUT2D eigenvalue weighted by Crippen LogP contribution is -2.44. The van der Waals surface area contributed by atoms with Gasteiger partial charge in [0.1, 0.15) is 12.4 Å². The molecule has 34 heavy (non-hydrogen) atoms. The summed E-state index contributed by atoms with van der Waals surface area (Å²) in [6.45, 7) is 4.90. The molecule has 0 amide bonds. The Hall–Kier alpha value is -1.87. The van der Waals surface area contributed by atoms with Crippen LogP contribution >= 0.6 is 23.7 Å². The van der Waals surface area contributed by atoms with Crippen molar-refractivity contribution in [3.8, 4) is 5.75 Å². The molecule has 6 nitrogen and oxygen atoms in total. The van der Waals surface area contributed by atoms with Gasteiger partial charge in [-0.3, -0.25) is 0 Å². The molecule has 0 spiro atoms. The van der Waals surface area contributed by atoms with E-state index in [0.717, 1.165) is 28.5 Å². The summed E-state index contributed by atoms with van der Waals surface area (Å²) in [6, 6.07) is 15.3. The Kier molecular flexibility index (Phi) is 9.59. The van der Waals surface area contributed by atoms with Crippen LogP contribution in [0.25, 0.3) is 0 Å². The minimum atomic E-state index is -1.18. The second-order valence-electron chi connectivity index (χ2n) is 8.57. The number of para-hydroxylation sites is 1. The van der Waals surface area contributed by atoms with Crippen molar-refractivity contribution in [3.05, 3.63) is 42.5 Å². The van der Waals surface area contributed by atoms with E-state index in [1.54, 1.807) is 30.6 Å².